The standard InChI is InChI=1S/C14H19NO2S/c1-3-11(16)10-5-4-9(2)14(18)13(10)12-8-15-6-7-17-12/h4-5,12,15,18H,3,6-8H2,1-2H3. The monoisotopic (exact) mass is 265 g/mol. The predicted octanol–water partition coefficient (Wildman–Crippen LogP) is 2.54. The summed E-state index contributed by atoms with van der Waals surface area (Å²) in [5.41, 5.74) is 2.77. The molecule has 1 fully saturated rings. The molecule has 1 aliphatic heterocycles. The van der Waals surface area contributed by atoms with Gasteiger partial charge in [0.2, 0.25) is 0 Å². The summed E-state index contributed by atoms with van der Waals surface area (Å²) in [5, 5.41) is 3.29. The average Bonchev–Trinajstić information content (AvgIpc) is 2.41. The van der Waals surface area contributed by atoms with Gasteiger partial charge in [-0.2, -0.15) is 0 Å². The summed E-state index contributed by atoms with van der Waals surface area (Å²) in [7, 11) is 0. The number of Topliss-reactive ketones (excluding diaryl/α,β-unsaturated/α-hetero) is 1. The molecule has 1 atom stereocenters. The van der Waals surface area contributed by atoms with Gasteiger partial charge in [-0.1, -0.05) is 19.1 Å². The molecule has 1 unspecified atom stereocenters. The van der Waals surface area contributed by atoms with E-state index in [4.69, 9.17) is 4.74 Å². The van der Waals surface area contributed by atoms with Crippen LogP contribution in [0, 0.1) is 6.92 Å². The first-order valence-electron chi connectivity index (χ1n) is 6.33. The number of aryl methyl sites for hydroxylation is 1. The van der Waals surface area contributed by atoms with Crippen LogP contribution in [-0.4, -0.2) is 25.5 Å². The summed E-state index contributed by atoms with van der Waals surface area (Å²) < 4.78 is 5.77. The lowest BCUT2D eigenvalue weighted by Gasteiger charge is -2.27. The van der Waals surface area contributed by atoms with E-state index in [-0.39, 0.29) is 11.9 Å². The third-order valence-corrected chi connectivity index (χ3v) is 3.88. The molecule has 1 N–H and O–H groups in total. The first kappa shape index (κ1) is 13.6. The Morgan fingerprint density at radius 1 is 1.56 bits per heavy atom. The second-order valence-corrected chi connectivity index (χ2v) is 4.98. The van der Waals surface area contributed by atoms with E-state index in [1.807, 2.05) is 26.0 Å². The number of hydrogen-bond acceptors (Lipinski definition) is 4. The third-order valence-electron chi connectivity index (χ3n) is 3.29. The van der Waals surface area contributed by atoms with E-state index in [9.17, 15) is 4.79 Å². The maximum Gasteiger partial charge on any atom is 0.163 e. The van der Waals surface area contributed by atoms with Gasteiger partial charge in [0.1, 0.15) is 0 Å². The lowest BCUT2D eigenvalue weighted by atomic mass is 9.95. The minimum Gasteiger partial charge on any atom is -0.371 e. The van der Waals surface area contributed by atoms with Crippen LogP contribution in [-0.2, 0) is 4.74 Å². The molecule has 18 heavy (non-hydrogen) atoms. The van der Waals surface area contributed by atoms with Crippen LogP contribution in [0.15, 0.2) is 17.0 Å². The number of carbonyl (C=O) groups excluding carboxylic acids is 1. The van der Waals surface area contributed by atoms with E-state index in [1.165, 1.54) is 0 Å². The van der Waals surface area contributed by atoms with Crippen molar-refractivity contribution in [1.82, 2.24) is 5.32 Å². The Labute approximate surface area is 113 Å². The molecule has 0 spiro atoms. The fraction of sp³-hybridized carbons (Fsp3) is 0.500. The Hall–Kier alpha value is -0.840. The predicted molar refractivity (Wildman–Crippen MR) is 74.6 cm³/mol. The lowest BCUT2D eigenvalue weighted by molar-refractivity contribution is 0.0254. The Morgan fingerprint density at radius 2 is 2.33 bits per heavy atom. The quantitative estimate of drug-likeness (QED) is 0.651. The molecular weight excluding hydrogens is 246 g/mol. The molecule has 98 valence electrons. The van der Waals surface area contributed by atoms with Crippen molar-refractivity contribution in [2.75, 3.05) is 19.7 Å². The van der Waals surface area contributed by atoms with Crippen molar-refractivity contribution in [3.8, 4) is 0 Å². The van der Waals surface area contributed by atoms with Crippen LogP contribution in [0.5, 0.6) is 0 Å². The second kappa shape index (κ2) is 5.87. The number of thiol groups is 1. The Balaban J connectivity index is 2.46. The van der Waals surface area contributed by atoms with E-state index >= 15 is 0 Å². The van der Waals surface area contributed by atoms with Gasteiger partial charge in [-0.05, 0) is 12.5 Å². The van der Waals surface area contributed by atoms with Crippen molar-refractivity contribution in [3.05, 3.63) is 28.8 Å². The summed E-state index contributed by atoms with van der Waals surface area (Å²) >= 11 is 4.56. The van der Waals surface area contributed by atoms with Gasteiger partial charge in [-0.25, -0.2) is 0 Å². The first-order valence-corrected chi connectivity index (χ1v) is 6.77. The van der Waals surface area contributed by atoms with Crippen molar-refractivity contribution < 1.29 is 9.53 Å². The van der Waals surface area contributed by atoms with Gasteiger partial charge in [0, 0.05) is 35.5 Å². The van der Waals surface area contributed by atoms with E-state index < -0.39 is 0 Å². The number of nitrogens with one attached hydrogen (secondary N) is 1. The van der Waals surface area contributed by atoms with E-state index in [1.54, 1.807) is 0 Å². The highest BCUT2D eigenvalue weighted by atomic mass is 32.1. The summed E-state index contributed by atoms with van der Waals surface area (Å²) in [4.78, 5) is 12.9. The Morgan fingerprint density at radius 3 is 2.94 bits per heavy atom. The van der Waals surface area contributed by atoms with Crippen LogP contribution >= 0.6 is 12.6 Å². The van der Waals surface area contributed by atoms with Gasteiger partial charge < -0.3 is 10.1 Å². The van der Waals surface area contributed by atoms with Gasteiger partial charge in [-0.3, -0.25) is 4.79 Å². The summed E-state index contributed by atoms with van der Waals surface area (Å²) in [6, 6.07) is 3.85. The number of ketones is 1. The molecule has 3 nitrogen and oxygen atoms in total. The van der Waals surface area contributed by atoms with Gasteiger partial charge in [0.25, 0.3) is 0 Å². The van der Waals surface area contributed by atoms with Crippen molar-refractivity contribution in [1.29, 1.82) is 0 Å². The van der Waals surface area contributed by atoms with Crippen molar-refractivity contribution in [2.24, 2.45) is 0 Å². The molecule has 4 heteroatoms. The van der Waals surface area contributed by atoms with Crippen molar-refractivity contribution in [2.45, 2.75) is 31.3 Å². The van der Waals surface area contributed by atoms with Gasteiger partial charge in [0.05, 0.1) is 12.7 Å². The highest BCUT2D eigenvalue weighted by Gasteiger charge is 2.24. The van der Waals surface area contributed by atoms with E-state index in [0.29, 0.717) is 13.0 Å². The molecule has 1 aliphatic rings. The molecule has 0 bridgehead atoms. The first-order chi connectivity index (χ1) is 8.65. The number of ether oxygens (including phenoxy) is 1. The molecular formula is C14H19NO2S. The zero-order chi connectivity index (χ0) is 13.1. The summed E-state index contributed by atoms with van der Waals surface area (Å²) in [5.74, 6) is 0.148. The molecule has 0 aromatic heterocycles. The van der Waals surface area contributed by atoms with Crippen LogP contribution < -0.4 is 5.32 Å². The van der Waals surface area contributed by atoms with Gasteiger partial charge in [0.15, 0.2) is 5.78 Å². The molecule has 1 aromatic rings. The summed E-state index contributed by atoms with van der Waals surface area (Å²) in [6.45, 7) is 6.15. The van der Waals surface area contributed by atoms with Crippen LogP contribution in [0.2, 0.25) is 0 Å². The number of rotatable bonds is 3. The summed E-state index contributed by atoms with van der Waals surface area (Å²) in [6.07, 6.45) is 0.431. The Kier molecular flexibility index (Phi) is 4.43. The highest BCUT2D eigenvalue weighted by Crippen LogP contribution is 2.31. The fourth-order valence-electron chi connectivity index (χ4n) is 2.23. The maximum absolute atomic E-state index is 12.0. The number of benzene rings is 1. The SMILES string of the molecule is CCC(=O)c1ccc(C)c(S)c1C1CNCCO1. The van der Waals surface area contributed by atoms with Crippen LogP contribution in [0.4, 0.5) is 0 Å². The molecule has 1 heterocycles. The normalized spacial score (nSPS) is 19.8. The molecule has 1 saturated heterocycles. The molecule has 0 amide bonds. The number of carbonyl (C=O) groups is 1. The third kappa shape index (κ3) is 2.60. The zero-order valence-electron chi connectivity index (χ0n) is 10.8. The smallest absolute Gasteiger partial charge is 0.163 e. The zero-order valence-corrected chi connectivity index (χ0v) is 11.7. The fourth-order valence-corrected chi connectivity index (χ4v) is 2.57. The molecule has 0 aliphatic carbocycles. The minimum atomic E-state index is -0.0725. The largest absolute Gasteiger partial charge is 0.371 e. The van der Waals surface area contributed by atoms with Crippen molar-refractivity contribution in [3.63, 3.8) is 0 Å². The molecule has 0 radical (unpaired) electrons. The van der Waals surface area contributed by atoms with Gasteiger partial charge >= 0.3 is 0 Å². The second-order valence-electron chi connectivity index (χ2n) is 4.53. The van der Waals surface area contributed by atoms with E-state index in [0.717, 1.165) is 34.7 Å². The van der Waals surface area contributed by atoms with Crippen molar-refractivity contribution >= 4 is 18.4 Å². The minimum absolute atomic E-state index is 0.0725. The van der Waals surface area contributed by atoms with E-state index in [2.05, 4.69) is 17.9 Å². The van der Waals surface area contributed by atoms with Crippen LogP contribution in [0.25, 0.3) is 0 Å². The topological polar surface area (TPSA) is 38.3 Å². The number of hydrogen-bond donors (Lipinski definition) is 2. The Bertz CT molecular complexity index is 453. The lowest BCUT2D eigenvalue weighted by Crippen LogP contribution is -2.34. The molecule has 1 aromatic carbocycles. The molecule has 0 saturated carbocycles. The highest BCUT2D eigenvalue weighted by molar-refractivity contribution is 7.80. The average molecular weight is 265 g/mol. The van der Waals surface area contributed by atoms with Crippen LogP contribution in [0.3, 0.4) is 0 Å². The van der Waals surface area contributed by atoms with Crippen LogP contribution in [0.1, 0.15) is 40.9 Å². The number of morpholine rings is 1. The van der Waals surface area contributed by atoms with Gasteiger partial charge in [-0.15, -0.1) is 12.6 Å². The maximum atomic E-state index is 12.0. The molecule has 2 rings (SSSR count).